The highest BCUT2D eigenvalue weighted by molar-refractivity contribution is 7.14. The number of carboxylic acids is 1. The number of thiophene rings is 1. The van der Waals surface area contributed by atoms with Crippen LogP contribution in [0.1, 0.15) is 56.1 Å². The highest BCUT2D eigenvalue weighted by Crippen LogP contribution is 2.43. The molecule has 1 amide bonds. The molecule has 2 aromatic rings. The van der Waals surface area contributed by atoms with Crippen LogP contribution in [0.3, 0.4) is 0 Å². The molecule has 5 heterocycles. The minimum Gasteiger partial charge on any atom is -0.481 e. The number of aliphatic carboxylic acids is 1. The lowest BCUT2D eigenvalue weighted by Crippen LogP contribution is -2.44. The van der Waals surface area contributed by atoms with Crippen molar-refractivity contribution in [3.05, 3.63) is 38.8 Å². The van der Waals surface area contributed by atoms with Crippen molar-refractivity contribution in [3.63, 3.8) is 0 Å². The van der Waals surface area contributed by atoms with Crippen LogP contribution < -0.4 is 5.32 Å². The Kier molecular flexibility index (Phi) is 6.82. The second kappa shape index (κ2) is 9.62. The van der Waals surface area contributed by atoms with Gasteiger partial charge >= 0.3 is 5.97 Å². The van der Waals surface area contributed by atoms with Gasteiger partial charge in [0.1, 0.15) is 0 Å². The maximum Gasteiger partial charge on any atom is 0.358 e. The summed E-state index contributed by atoms with van der Waals surface area (Å²) in [6, 6.07) is 3.78. The second-order valence-electron chi connectivity index (χ2n) is 8.27. The molecule has 0 aliphatic carbocycles. The smallest absolute Gasteiger partial charge is 0.358 e. The number of carbonyl (C=O) groups excluding carboxylic acids is 2. The molecule has 1 spiro atoms. The predicted molar refractivity (Wildman–Crippen MR) is 119 cm³/mol. The van der Waals surface area contributed by atoms with E-state index in [0.29, 0.717) is 19.6 Å². The van der Waals surface area contributed by atoms with Gasteiger partial charge in [0.15, 0.2) is 5.69 Å². The van der Waals surface area contributed by atoms with Gasteiger partial charge in [-0.3, -0.25) is 14.3 Å². The van der Waals surface area contributed by atoms with E-state index in [1.807, 2.05) is 4.90 Å². The van der Waals surface area contributed by atoms with Crippen molar-refractivity contribution in [2.75, 3.05) is 33.4 Å². The SMILES string of the molecule is CC(=O)O.COC(=O)c1cc2n(n1)CCN(C(=O)c1cc3c(s1)CCOC31CCNCC1)C2. The molecule has 5 rings (SSSR count). The molecule has 33 heavy (non-hydrogen) atoms. The zero-order valence-corrected chi connectivity index (χ0v) is 19.6. The van der Waals surface area contributed by atoms with Crippen LogP contribution in [-0.4, -0.2) is 71.0 Å². The third kappa shape index (κ3) is 4.80. The summed E-state index contributed by atoms with van der Waals surface area (Å²) in [6.45, 7) is 5.27. The monoisotopic (exact) mass is 476 g/mol. The third-order valence-corrected chi connectivity index (χ3v) is 7.29. The van der Waals surface area contributed by atoms with Crippen molar-refractivity contribution in [1.82, 2.24) is 20.0 Å². The van der Waals surface area contributed by atoms with Crippen LogP contribution in [0.25, 0.3) is 0 Å². The number of carboxylic acid groups (broad SMARTS) is 1. The first-order valence-corrected chi connectivity index (χ1v) is 11.8. The molecule has 0 bridgehead atoms. The van der Waals surface area contributed by atoms with Crippen LogP contribution in [0.2, 0.25) is 0 Å². The van der Waals surface area contributed by atoms with Crippen molar-refractivity contribution in [3.8, 4) is 0 Å². The number of nitrogens with zero attached hydrogens (tertiary/aromatic N) is 3. The van der Waals surface area contributed by atoms with Gasteiger partial charge in [-0.05, 0) is 43.6 Å². The van der Waals surface area contributed by atoms with Gasteiger partial charge in [0.2, 0.25) is 0 Å². The Balaban J connectivity index is 0.000000601. The van der Waals surface area contributed by atoms with Crippen LogP contribution in [0.5, 0.6) is 0 Å². The lowest BCUT2D eigenvalue weighted by atomic mass is 9.83. The largest absolute Gasteiger partial charge is 0.481 e. The highest BCUT2D eigenvalue weighted by Gasteiger charge is 2.41. The minimum absolute atomic E-state index is 0.0422. The number of hydrogen-bond acceptors (Lipinski definition) is 8. The standard InChI is InChI=1S/C20H24N4O4S.C2H4O2/c1-27-19(26)15-10-13-12-23(7-8-24(13)22-15)18(25)17-11-14-16(29-17)2-9-28-20(14)3-5-21-6-4-20;1-2(3)4/h10-11,21H,2-9,12H2,1H3;1H3,(H,3,4). The maximum atomic E-state index is 13.3. The molecule has 2 aromatic heterocycles. The van der Waals surface area contributed by atoms with Crippen molar-refractivity contribution >= 4 is 29.2 Å². The number of piperidine rings is 1. The minimum atomic E-state index is -0.833. The molecule has 0 unspecified atom stereocenters. The first-order valence-electron chi connectivity index (χ1n) is 10.9. The first kappa shape index (κ1) is 23.4. The van der Waals surface area contributed by atoms with E-state index < -0.39 is 11.9 Å². The number of esters is 1. The van der Waals surface area contributed by atoms with E-state index >= 15 is 0 Å². The molecule has 178 valence electrons. The van der Waals surface area contributed by atoms with E-state index in [0.717, 1.165) is 56.5 Å². The summed E-state index contributed by atoms with van der Waals surface area (Å²) in [6.07, 6.45) is 2.77. The molecule has 0 radical (unpaired) electrons. The summed E-state index contributed by atoms with van der Waals surface area (Å²) >= 11 is 1.61. The molecule has 10 nitrogen and oxygen atoms in total. The van der Waals surface area contributed by atoms with Gasteiger partial charge in [0, 0.05) is 24.8 Å². The number of fused-ring (bicyclic) bond motifs is 3. The van der Waals surface area contributed by atoms with E-state index in [-0.39, 0.29) is 17.2 Å². The number of rotatable bonds is 2. The Labute approximate surface area is 195 Å². The highest BCUT2D eigenvalue weighted by atomic mass is 32.1. The van der Waals surface area contributed by atoms with Crippen LogP contribution in [-0.2, 0) is 39.4 Å². The van der Waals surface area contributed by atoms with E-state index in [9.17, 15) is 9.59 Å². The Morgan fingerprint density at radius 2 is 1.97 bits per heavy atom. The zero-order valence-electron chi connectivity index (χ0n) is 18.8. The van der Waals surface area contributed by atoms with E-state index in [1.54, 1.807) is 22.1 Å². The summed E-state index contributed by atoms with van der Waals surface area (Å²) in [7, 11) is 1.34. The van der Waals surface area contributed by atoms with Crippen LogP contribution in [0.15, 0.2) is 12.1 Å². The number of hydrogen-bond donors (Lipinski definition) is 2. The number of amides is 1. The van der Waals surface area contributed by atoms with Crippen LogP contribution in [0.4, 0.5) is 0 Å². The summed E-state index contributed by atoms with van der Waals surface area (Å²) in [4.78, 5) is 37.9. The van der Waals surface area contributed by atoms with Gasteiger partial charge in [0.05, 0.1) is 43.0 Å². The van der Waals surface area contributed by atoms with Gasteiger partial charge in [0.25, 0.3) is 11.9 Å². The van der Waals surface area contributed by atoms with Gasteiger partial charge in [-0.25, -0.2) is 4.79 Å². The molecular weight excluding hydrogens is 448 g/mol. The molecule has 0 atom stereocenters. The number of ether oxygens (including phenoxy) is 2. The third-order valence-electron chi connectivity index (χ3n) is 6.11. The van der Waals surface area contributed by atoms with Gasteiger partial charge in [-0.15, -0.1) is 11.3 Å². The maximum absolute atomic E-state index is 13.3. The lowest BCUT2D eigenvalue weighted by Gasteiger charge is -2.40. The molecule has 3 aliphatic rings. The fourth-order valence-corrected chi connectivity index (χ4v) is 5.77. The van der Waals surface area contributed by atoms with Crippen molar-refractivity contribution in [1.29, 1.82) is 0 Å². The normalized spacial score (nSPS) is 18.5. The van der Waals surface area contributed by atoms with Gasteiger partial charge in [-0.1, -0.05) is 0 Å². The number of aromatic nitrogens is 2. The summed E-state index contributed by atoms with van der Waals surface area (Å²) < 4.78 is 12.8. The van der Waals surface area contributed by atoms with E-state index in [4.69, 9.17) is 19.4 Å². The Morgan fingerprint density at radius 1 is 1.24 bits per heavy atom. The van der Waals surface area contributed by atoms with E-state index in [2.05, 4.69) is 16.5 Å². The average molecular weight is 477 g/mol. The molecule has 1 fully saturated rings. The van der Waals surface area contributed by atoms with Gasteiger partial charge in [-0.2, -0.15) is 5.10 Å². The molecule has 11 heteroatoms. The quantitative estimate of drug-likeness (QED) is 0.627. The van der Waals surface area contributed by atoms with E-state index in [1.165, 1.54) is 17.6 Å². The van der Waals surface area contributed by atoms with Crippen LogP contribution >= 0.6 is 11.3 Å². The molecule has 0 saturated carbocycles. The summed E-state index contributed by atoms with van der Waals surface area (Å²) in [5, 5.41) is 15.1. The molecule has 2 N–H and O–H groups in total. The molecule has 1 saturated heterocycles. The molecule has 0 aromatic carbocycles. The predicted octanol–water partition coefficient (Wildman–Crippen LogP) is 1.63. The number of nitrogens with one attached hydrogen (secondary N) is 1. The second-order valence-corrected chi connectivity index (χ2v) is 9.41. The number of carbonyl (C=O) groups is 3. The fraction of sp³-hybridized carbons (Fsp3) is 0.545. The fourth-order valence-electron chi connectivity index (χ4n) is 4.57. The Bertz CT molecular complexity index is 1050. The molecular formula is C22H28N4O6S. The zero-order chi connectivity index (χ0) is 23.6. The Morgan fingerprint density at radius 3 is 2.67 bits per heavy atom. The average Bonchev–Trinajstić information content (AvgIpc) is 3.43. The summed E-state index contributed by atoms with van der Waals surface area (Å²) in [5.74, 6) is -1.25. The topological polar surface area (TPSA) is 123 Å². The van der Waals surface area contributed by atoms with Crippen molar-refractivity contribution < 1.29 is 29.0 Å². The first-order chi connectivity index (χ1) is 15.8. The van der Waals surface area contributed by atoms with Crippen molar-refractivity contribution in [2.24, 2.45) is 0 Å². The van der Waals surface area contributed by atoms with Gasteiger partial charge < -0.3 is 24.8 Å². The lowest BCUT2D eigenvalue weighted by molar-refractivity contribution is -0.134. The molecule has 3 aliphatic heterocycles. The number of methoxy groups -OCH3 is 1. The summed E-state index contributed by atoms with van der Waals surface area (Å²) in [5.41, 5.74) is 2.12. The van der Waals surface area contributed by atoms with Crippen LogP contribution in [0, 0.1) is 0 Å². The Hall–Kier alpha value is -2.76. The van der Waals surface area contributed by atoms with Crippen molar-refractivity contribution in [2.45, 2.75) is 44.9 Å².